The molecule has 0 aliphatic carbocycles. The Kier molecular flexibility index (Phi) is 7.80. The Balaban J connectivity index is 1.76. The lowest BCUT2D eigenvalue weighted by molar-refractivity contribution is 0.0958. The highest BCUT2D eigenvalue weighted by Crippen LogP contribution is 2.39. The van der Waals surface area contributed by atoms with Crippen molar-refractivity contribution >= 4 is 34.7 Å². The molecule has 4 aromatic rings. The number of pyridine rings is 1. The van der Waals surface area contributed by atoms with Crippen LogP contribution in [0.15, 0.2) is 42.7 Å². The van der Waals surface area contributed by atoms with Gasteiger partial charge in [-0.25, -0.2) is 9.97 Å². The minimum absolute atomic E-state index is 0.0849. The Hall–Kier alpha value is -4.29. The molecule has 4 rings (SSSR count). The second-order valence-corrected chi connectivity index (χ2v) is 8.71. The zero-order valence-corrected chi connectivity index (χ0v) is 21.6. The molecule has 0 saturated heterocycles. The van der Waals surface area contributed by atoms with E-state index in [-0.39, 0.29) is 10.8 Å². The van der Waals surface area contributed by atoms with Crippen LogP contribution in [0, 0.1) is 0 Å². The topological polar surface area (TPSA) is 149 Å². The van der Waals surface area contributed by atoms with Gasteiger partial charge in [0.2, 0.25) is 0 Å². The van der Waals surface area contributed by atoms with Gasteiger partial charge in [-0.3, -0.25) is 14.4 Å². The highest BCUT2D eigenvalue weighted by Gasteiger charge is 2.21. The third kappa shape index (κ3) is 6.11. The molecule has 0 fully saturated rings. The molecule has 3 heterocycles. The monoisotopic (exact) mass is 522 g/mol. The van der Waals surface area contributed by atoms with E-state index >= 15 is 0 Å². The molecule has 0 aliphatic heterocycles. The molecule has 37 heavy (non-hydrogen) atoms. The number of aromatic nitrogens is 6. The first kappa shape index (κ1) is 25.8. The molecule has 0 spiro atoms. The Morgan fingerprint density at radius 3 is 2.68 bits per heavy atom. The summed E-state index contributed by atoms with van der Waals surface area (Å²) < 4.78 is 7.39. The van der Waals surface area contributed by atoms with Crippen LogP contribution in [0.1, 0.15) is 21.7 Å². The van der Waals surface area contributed by atoms with Crippen molar-refractivity contribution in [3.63, 3.8) is 0 Å². The van der Waals surface area contributed by atoms with Gasteiger partial charge in [0.05, 0.1) is 29.7 Å². The van der Waals surface area contributed by atoms with Crippen LogP contribution in [-0.2, 0) is 20.1 Å². The van der Waals surface area contributed by atoms with Crippen LogP contribution in [0.5, 0.6) is 5.75 Å². The second kappa shape index (κ2) is 11.2. The van der Waals surface area contributed by atoms with Gasteiger partial charge in [-0.05, 0) is 36.9 Å². The zero-order chi connectivity index (χ0) is 26.5. The van der Waals surface area contributed by atoms with Gasteiger partial charge in [0.25, 0.3) is 5.91 Å². The largest absolute Gasteiger partial charge is 0.494 e. The number of amides is 1. The summed E-state index contributed by atoms with van der Waals surface area (Å²) in [4.78, 5) is 23.3. The molecule has 0 atom stereocenters. The number of benzene rings is 1. The quantitative estimate of drug-likeness (QED) is 0.299. The highest BCUT2D eigenvalue weighted by molar-refractivity contribution is 6.29. The van der Waals surface area contributed by atoms with Crippen molar-refractivity contribution in [3.05, 3.63) is 64.8 Å². The van der Waals surface area contributed by atoms with Crippen LogP contribution >= 0.6 is 11.6 Å². The third-order valence-corrected chi connectivity index (χ3v) is 5.57. The predicted octanol–water partition coefficient (Wildman–Crippen LogP) is 2.65. The van der Waals surface area contributed by atoms with E-state index in [1.165, 1.54) is 13.1 Å². The lowest BCUT2D eigenvalue weighted by Crippen LogP contribution is -2.21. The number of aryl methyl sites for hydroxylation is 1. The SMILES string of the molecule is CNC(=O)c1nnc(Cl)cc1Nc1cc(CN(C)Cc2cccc(N)n2)cc(-c2ncn(C)n2)c1OC. The Morgan fingerprint density at radius 1 is 1.19 bits per heavy atom. The average molecular weight is 523 g/mol. The molecule has 0 radical (unpaired) electrons. The van der Waals surface area contributed by atoms with Crippen LogP contribution in [-0.4, -0.2) is 62.0 Å². The molecule has 4 N–H and O–H groups in total. The van der Waals surface area contributed by atoms with Crippen LogP contribution in [0.2, 0.25) is 5.15 Å². The molecule has 13 heteroatoms. The van der Waals surface area contributed by atoms with Crippen molar-refractivity contribution in [2.24, 2.45) is 7.05 Å². The number of nitrogens with one attached hydrogen (secondary N) is 2. The van der Waals surface area contributed by atoms with Gasteiger partial charge in [0.15, 0.2) is 22.4 Å². The smallest absolute Gasteiger partial charge is 0.273 e. The molecule has 1 aromatic carbocycles. The van der Waals surface area contributed by atoms with Crippen molar-refractivity contribution in [2.45, 2.75) is 13.1 Å². The summed E-state index contributed by atoms with van der Waals surface area (Å²) in [5, 5.41) is 18.2. The number of carbonyl (C=O) groups excluding carboxylic acids is 1. The zero-order valence-electron chi connectivity index (χ0n) is 20.9. The van der Waals surface area contributed by atoms with E-state index in [9.17, 15) is 4.79 Å². The molecule has 0 unspecified atom stereocenters. The molecule has 1 amide bonds. The van der Waals surface area contributed by atoms with Crippen molar-refractivity contribution in [3.8, 4) is 17.1 Å². The number of halogens is 1. The number of hydrogen-bond acceptors (Lipinski definition) is 10. The molecule has 0 bridgehead atoms. The summed E-state index contributed by atoms with van der Waals surface area (Å²) in [6.45, 7) is 1.15. The summed E-state index contributed by atoms with van der Waals surface area (Å²) in [5.41, 5.74) is 9.33. The van der Waals surface area contributed by atoms with Crippen LogP contribution < -0.4 is 21.1 Å². The predicted molar refractivity (Wildman–Crippen MR) is 141 cm³/mol. The molecule has 0 saturated carbocycles. The van der Waals surface area contributed by atoms with E-state index in [0.29, 0.717) is 47.4 Å². The maximum atomic E-state index is 12.4. The fraction of sp³-hybridized carbons (Fsp3) is 0.250. The van der Waals surface area contributed by atoms with Crippen LogP contribution in [0.4, 0.5) is 17.2 Å². The number of hydrogen-bond donors (Lipinski definition) is 3. The van der Waals surface area contributed by atoms with Crippen LogP contribution in [0.3, 0.4) is 0 Å². The Bertz CT molecular complexity index is 1420. The molecule has 192 valence electrons. The van der Waals surface area contributed by atoms with Gasteiger partial charge < -0.3 is 21.1 Å². The van der Waals surface area contributed by atoms with Crippen molar-refractivity contribution < 1.29 is 9.53 Å². The lowest BCUT2D eigenvalue weighted by Gasteiger charge is -2.20. The maximum Gasteiger partial charge on any atom is 0.273 e. The van der Waals surface area contributed by atoms with Gasteiger partial charge in [-0.1, -0.05) is 17.7 Å². The maximum absolute atomic E-state index is 12.4. The average Bonchev–Trinajstić information content (AvgIpc) is 3.29. The van der Waals surface area contributed by atoms with Crippen molar-refractivity contribution in [1.82, 2.24) is 40.2 Å². The molecular weight excluding hydrogens is 496 g/mol. The fourth-order valence-electron chi connectivity index (χ4n) is 3.85. The van der Waals surface area contributed by atoms with Gasteiger partial charge in [-0.2, -0.15) is 5.10 Å². The Morgan fingerprint density at radius 2 is 2.00 bits per heavy atom. The van der Waals surface area contributed by atoms with Gasteiger partial charge >= 0.3 is 0 Å². The van der Waals surface area contributed by atoms with Gasteiger partial charge in [0.1, 0.15) is 12.1 Å². The first-order valence-corrected chi connectivity index (χ1v) is 11.6. The number of carbonyl (C=O) groups is 1. The highest BCUT2D eigenvalue weighted by atomic mass is 35.5. The van der Waals surface area contributed by atoms with Crippen molar-refractivity contribution in [1.29, 1.82) is 0 Å². The molecular formula is C24H27ClN10O2. The summed E-state index contributed by atoms with van der Waals surface area (Å²) >= 11 is 6.10. The summed E-state index contributed by atoms with van der Waals surface area (Å²) in [6, 6.07) is 11.0. The second-order valence-electron chi connectivity index (χ2n) is 8.33. The van der Waals surface area contributed by atoms with E-state index in [1.807, 2.05) is 31.3 Å². The van der Waals surface area contributed by atoms with E-state index < -0.39 is 5.91 Å². The van der Waals surface area contributed by atoms with Gasteiger partial charge in [-0.15, -0.1) is 10.2 Å². The first-order valence-electron chi connectivity index (χ1n) is 11.3. The van der Waals surface area contributed by atoms with Gasteiger partial charge in [0, 0.05) is 33.3 Å². The molecule has 3 aromatic heterocycles. The van der Waals surface area contributed by atoms with E-state index in [2.05, 4.69) is 40.8 Å². The number of ether oxygens (including phenoxy) is 1. The van der Waals surface area contributed by atoms with Crippen molar-refractivity contribution in [2.75, 3.05) is 32.3 Å². The number of nitrogen functional groups attached to an aromatic ring is 1. The molecule has 0 aliphatic rings. The standard InChI is InChI=1S/C24H27ClN10O2/c1-27-24(36)21-17(10-19(25)31-32-21)30-18-9-14(11-34(2)12-15-6-5-7-20(26)29-15)8-16(22(18)37-4)23-28-13-35(3)33-23/h5-10,13H,11-12H2,1-4H3,(H2,26,29)(H,27,36)(H,30,31). The number of nitrogens with two attached hydrogens (primary N) is 1. The number of rotatable bonds is 9. The summed E-state index contributed by atoms with van der Waals surface area (Å²) in [5.74, 6) is 1.04. The molecule has 12 nitrogen and oxygen atoms in total. The first-order chi connectivity index (χ1) is 17.8. The lowest BCUT2D eigenvalue weighted by atomic mass is 10.1. The van der Waals surface area contributed by atoms with E-state index in [4.69, 9.17) is 22.1 Å². The van der Waals surface area contributed by atoms with Crippen LogP contribution in [0.25, 0.3) is 11.4 Å². The fourth-order valence-corrected chi connectivity index (χ4v) is 3.99. The number of methoxy groups -OCH3 is 1. The third-order valence-electron chi connectivity index (χ3n) is 5.38. The summed E-state index contributed by atoms with van der Waals surface area (Å²) in [7, 11) is 6.84. The van der Waals surface area contributed by atoms with E-state index in [0.717, 1.165) is 11.3 Å². The minimum Gasteiger partial charge on any atom is -0.494 e. The number of nitrogens with zero attached hydrogens (tertiary/aromatic N) is 7. The normalized spacial score (nSPS) is 11.0. The van der Waals surface area contributed by atoms with E-state index in [1.54, 1.807) is 31.2 Å². The summed E-state index contributed by atoms with van der Waals surface area (Å²) in [6.07, 6.45) is 1.61. The minimum atomic E-state index is -0.414. The Labute approximate surface area is 218 Å². The number of anilines is 3.